The highest BCUT2D eigenvalue weighted by Crippen LogP contribution is 2.32. The summed E-state index contributed by atoms with van der Waals surface area (Å²) in [5.74, 6) is 0.952. The maximum atomic E-state index is 12.6. The van der Waals surface area contributed by atoms with Crippen LogP contribution < -0.4 is 25.9 Å². The lowest BCUT2D eigenvalue weighted by molar-refractivity contribution is -0.122. The number of carbonyl (C=O) groups is 1. The Morgan fingerprint density at radius 3 is 2.48 bits per heavy atom. The van der Waals surface area contributed by atoms with E-state index in [4.69, 9.17) is 9.47 Å². The number of aryl methyl sites for hydroxylation is 1. The van der Waals surface area contributed by atoms with Crippen molar-refractivity contribution in [3.63, 3.8) is 0 Å². The van der Waals surface area contributed by atoms with Crippen LogP contribution in [-0.2, 0) is 18.4 Å². The topological polar surface area (TPSA) is 91.6 Å². The Morgan fingerprint density at radius 2 is 1.72 bits per heavy atom. The third-order valence-corrected chi connectivity index (χ3v) is 5.01. The van der Waals surface area contributed by atoms with Crippen molar-refractivity contribution in [2.24, 2.45) is 7.05 Å². The van der Waals surface area contributed by atoms with Crippen molar-refractivity contribution in [1.29, 1.82) is 0 Å². The molecule has 2 aromatic carbocycles. The van der Waals surface area contributed by atoms with Gasteiger partial charge in [-0.2, -0.15) is 0 Å². The van der Waals surface area contributed by atoms with Crippen LogP contribution in [0, 0.1) is 0 Å². The van der Waals surface area contributed by atoms with Gasteiger partial charge >= 0.3 is 11.1 Å². The molecule has 1 amide bonds. The molecule has 8 heteroatoms. The van der Waals surface area contributed by atoms with Gasteiger partial charge in [0.05, 0.1) is 17.1 Å². The number of nitrogens with zero attached hydrogens (tertiary/aromatic N) is 2. The number of amides is 1. The van der Waals surface area contributed by atoms with Crippen LogP contribution in [0.25, 0.3) is 11.0 Å². The number of benzene rings is 2. The monoisotopic (exact) mass is 395 g/mol. The van der Waals surface area contributed by atoms with Gasteiger partial charge in [0.2, 0.25) is 5.91 Å². The number of ether oxygens (including phenoxy) is 2. The second-order valence-corrected chi connectivity index (χ2v) is 6.94. The van der Waals surface area contributed by atoms with Crippen LogP contribution in [0.1, 0.15) is 18.5 Å². The highest BCUT2D eigenvalue weighted by molar-refractivity contribution is 5.80. The van der Waals surface area contributed by atoms with Crippen LogP contribution in [-0.4, -0.2) is 28.3 Å². The molecular weight excluding hydrogens is 374 g/mol. The minimum absolute atomic E-state index is 0.246. The summed E-state index contributed by atoms with van der Waals surface area (Å²) in [7, 11) is 1.54. The molecule has 0 aliphatic carbocycles. The smallest absolute Gasteiger partial charge is 0.317 e. The van der Waals surface area contributed by atoms with Crippen LogP contribution >= 0.6 is 0 Å². The van der Waals surface area contributed by atoms with Gasteiger partial charge in [0.15, 0.2) is 11.5 Å². The average molecular weight is 395 g/mol. The number of para-hydroxylation sites is 2. The number of nitrogens with one attached hydrogen (secondary N) is 1. The molecule has 8 nitrogen and oxygen atoms in total. The molecule has 1 aliphatic rings. The van der Waals surface area contributed by atoms with Gasteiger partial charge in [-0.15, -0.1) is 0 Å². The lowest BCUT2D eigenvalue weighted by Gasteiger charge is -2.21. The first-order valence-electron chi connectivity index (χ1n) is 9.33. The molecule has 1 atom stereocenters. The highest BCUT2D eigenvalue weighted by atomic mass is 16.6. The average Bonchev–Trinajstić information content (AvgIpc) is 2.74. The van der Waals surface area contributed by atoms with Gasteiger partial charge in [0, 0.05) is 7.05 Å². The minimum atomic E-state index is -0.728. The van der Waals surface area contributed by atoms with E-state index >= 15 is 0 Å². The first-order chi connectivity index (χ1) is 14.0. The van der Waals surface area contributed by atoms with Crippen molar-refractivity contribution in [2.75, 3.05) is 13.2 Å². The number of carbonyl (C=O) groups excluding carboxylic acids is 1. The predicted octanol–water partition coefficient (Wildman–Crippen LogP) is 1.35. The zero-order valence-corrected chi connectivity index (χ0v) is 16.2. The Labute approximate surface area is 166 Å². The predicted molar refractivity (Wildman–Crippen MR) is 107 cm³/mol. The molecular formula is C21H21N3O5. The molecule has 2 heterocycles. The number of fused-ring (bicyclic) bond motifs is 2. The molecule has 0 bridgehead atoms. The molecule has 1 aliphatic heterocycles. The van der Waals surface area contributed by atoms with E-state index in [-0.39, 0.29) is 18.5 Å². The first-order valence-corrected chi connectivity index (χ1v) is 9.33. The first kappa shape index (κ1) is 18.8. The number of hydrogen-bond donors (Lipinski definition) is 1. The van der Waals surface area contributed by atoms with E-state index in [0.717, 1.165) is 5.56 Å². The Kier molecular flexibility index (Phi) is 4.84. The zero-order chi connectivity index (χ0) is 20.5. The van der Waals surface area contributed by atoms with E-state index in [9.17, 15) is 14.4 Å². The van der Waals surface area contributed by atoms with Crippen molar-refractivity contribution >= 4 is 16.9 Å². The number of hydrogen-bond acceptors (Lipinski definition) is 5. The third kappa shape index (κ3) is 3.49. The molecule has 1 N–H and O–H groups in total. The quantitative estimate of drug-likeness (QED) is 0.674. The van der Waals surface area contributed by atoms with Crippen LogP contribution in [0.15, 0.2) is 52.1 Å². The van der Waals surface area contributed by atoms with Crippen molar-refractivity contribution in [3.05, 3.63) is 68.7 Å². The van der Waals surface area contributed by atoms with Crippen molar-refractivity contribution in [3.8, 4) is 11.5 Å². The van der Waals surface area contributed by atoms with E-state index in [0.29, 0.717) is 35.7 Å². The summed E-state index contributed by atoms with van der Waals surface area (Å²) in [6, 6.07) is 12.2. The Morgan fingerprint density at radius 1 is 1.03 bits per heavy atom. The fourth-order valence-corrected chi connectivity index (χ4v) is 3.45. The Balaban J connectivity index is 1.58. The molecule has 0 radical (unpaired) electrons. The fraction of sp³-hybridized carbons (Fsp3) is 0.286. The lowest BCUT2D eigenvalue weighted by Crippen LogP contribution is -2.43. The van der Waals surface area contributed by atoms with Gasteiger partial charge < -0.3 is 19.4 Å². The standard InChI is InChI=1S/C21H21N3O5/c1-13(14-7-8-17-18(11-14)29-10-9-28-17)22-19(25)12-24-16-6-4-3-5-15(16)23(2)20(26)21(24)27/h3-8,11,13H,9-10,12H2,1-2H3,(H,22,25)/t13-/m1/s1. The van der Waals surface area contributed by atoms with E-state index < -0.39 is 11.1 Å². The second-order valence-electron chi connectivity index (χ2n) is 6.94. The summed E-state index contributed by atoms with van der Waals surface area (Å²) in [6.45, 7) is 2.59. The van der Waals surface area contributed by atoms with Gasteiger partial charge in [0.1, 0.15) is 19.8 Å². The highest BCUT2D eigenvalue weighted by Gasteiger charge is 2.18. The molecule has 1 aromatic heterocycles. The van der Waals surface area contributed by atoms with Crippen LogP contribution in [0.5, 0.6) is 11.5 Å². The molecule has 3 aromatic rings. The number of aromatic nitrogens is 2. The molecule has 29 heavy (non-hydrogen) atoms. The lowest BCUT2D eigenvalue weighted by atomic mass is 10.1. The van der Waals surface area contributed by atoms with Crippen molar-refractivity contribution in [2.45, 2.75) is 19.5 Å². The SMILES string of the molecule is C[C@@H](NC(=O)Cn1c(=O)c(=O)n(C)c2ccccc21)c1ccc2c(c1)OCCO2. The molecule has 0 saturated carbocycles. The molecule has 150 valence electrons. The van der Waals surface area contributed by atoms with Gasteiger partial charge in [-0.25, -0.2) is 0 Å². The van der Waals surface area contributed by atoms with Crippen LogP contribution in [0.2, 0.25) is 0 Å². The summed E-state index contributed by atoms with van der Waals surface area (Å²) in [6.07, 6.45) is 0. The van der Waals surface area contributed by atoms with Crippen LogP contribution in [0.4, 0.5) is 0 Å². The summed E-state index contributed by atoms with van der Waals surface area (Å²) in [5.41, 5.74) is 0.569. The summed E-state index contributed by atoms with van der Waals surface area (Å²) in [4.78, 5) is 37.4. The van der Waals surface area contributed by atoms with E-state index in [1.54, 1.807) is 31.3 Å². The van der Waals surface area contributed by atoms with Gasteiger partial charge in [-0.1, -0.05) is 18.2 Å². The maximum Gasteiger partial charge on any atom is 0.317 e. The van der Waals surface area contributed by atoms with Crippen molar-refractivity contribution < 1.29 is 14.3 Å². The Hall–Kier alpha value is -3.55. The minimum Gasteiger partial charge on any atom is -0.486 e. The zero-order valence-electron chi connectivity index (χ0n) is 16.2. The number of rotatable bonds is 4. The van der Waals surface area contributed by atoms with Crippen LogP contribution in [0.3, 0.4) is 0 Å². The summed E-state index contributed by atoms with van der Waals surface area (Å²) >= 11 is 0. The summed E-state index contributed by atoms with van der Waals surface area (Å²) < 4.78 is 13.6. The maximum absolute atomic E-state index is 12.6. The van der Waals surface area contributed by atoms with Gasteiger partial charge in [0.25, 0.3) is 0 Å². The van der Waals surface area contributed by atoms with Crippen molar-refractivity contribution in [1.82, 2.24) is 14.5 Å². The van der Waals surface area contributed by atoms with E-state index in [1.807, 2.05) is 25.1 Å². The van der Waals surface area contributed by atoms with Gasteiger partial charge in [-0.05, 0) is 36.8 Å². The molecule has 0 spiro atoms. The fourth-order valence-electron chi connectivity index (χ4n) is 3.45. The van der Waals surface area contributed by atoms with E-state index in [1.165, 1.54) is 9.13 Å². The van der Waals surface area contributed by atoms with Gasteiger partial charge in [-0.3, -0.25) is 19.0 Å². The summed E-state index contributed by atoms with van der Waals surface area (Å²) in [5, 5.41) is 2.87. The second kappa shape index (κ2) is 7.46. The van der Waals surface area contributed by atoms with E-state index in [2.05, 4.69) is 5.32 Å². The molecule has 0 unspecified atom stereocenters. The Bertz CT molecular complexity index is 1210. The molecule has 0 saturated heterocycles. The molecule has 4 rings (SSSR count). The third-order valence-electron chi connectivity index (χ3n) is 5.01. The normalized spacial score (nSPS) is 13.9. The largest absolute Gasteiger partial charge is 0.486 e. The molecule has 0 fully saturated rings.